The fourth-order valence-electron chi connectivity index (χ4n) is 4.03. The Kier molecular flexibility index (Phi) is 7.92. The van der Waals surface area contributed by atoms with E-state index in [1.165, 1.54) is 0 Å². The molecule has 2 saturated heterocycles. The summed E-state index contributed by atoms with van der Waals surface area (Å²) >= 11 is 0. The monoisotopic (exact) mass is 395 g/mol. The molecular weight excluding hydrogens is 366 g/mol. The fourth-order valence-corrected chi connectivity index (χ4v) is 4.03. The minimum absolute atomic E-state index is 0. The zero-order chi connectivity index (χ0) is 18.5. The molecule has 0 bridgehead atoms. The molecule has 27 heavy (non-hydrogen) atoms. The van der Waals surface area contributed by atoms with Crippen molar-refractivity contribution in [3.8, 4) is 5.75 Å². The van der Waals surface area contributed by atoms with Crippen molar-refractivity contribution in [1.29, 1.82) is 0 Å². The summed E-state index contributed by atoms with van der Waals surface area (Å²) in [6, 6.07) is 7.78. The van der Waals surface area contributed by atoms with Gasteiger partial charge in [0.05, 0.1) is 18.7 Å². The van der Waals surface area contributed by atoms with E-state index in [4.69, 9.17) is 4.74 Å². The van der Waals surface area contributed by atoms with Gasteiger partial charge in [0.25, 0.3) is 0 Å². The number of hydrogen-bond donors (Lipinski definition) is 1. The molecular formula is C20H30ClN3O3. The number of hydrogen-bond acceptors (Lipinski definition) is 4. The summed E-state index contributed by atoms with van der Waals surface area (Å²) < 4.78 is 5.39. The molecule has 2 amide bonds. The minimum atomic E-state index is -0.270. The lowest BCUT2D eigenvalue weighted by molar-refractivity contribution is -0.138. The number of methoxy groups -OCH3 is 1. The van der Waals surface area contributed by atoms with Crippen molar-refractivity contribution in [3.05, 3.63) is 24.3 Å². The molecule has 0 aliphatic carbocycles. The van der Waals surface area contributed by atoms with Crippen LogP contribution < -0.4 is 15.0 Å². The number of carbonyl (C=O) groups excluding carboxylic acids is 2. The van der Waals surface area contributed by atoms with E-state index in [1.807, 2.05) is 29.2 Å². The highest BCUT2D eigenvalue weighted by Crippen LogP contribution is 2.33. The van der Waals surface area contributed by atoms with Crippen LogP contribution in [0.3, 0.4) is 0 Å². The summed E-state index contributed by atoms with van der Waals surface area (Å²) in [7, 11) is 1.60. The molecule has 1 N–H and O–H groups in total. The SMILES string of the molecule is CCCN(C(=O)C1CC(=O)N(c2ccccc2OC)C1)C1CCNCC1.Cl. The molecule has 2 fully saturated rings. The van der Waals surface area contributed by atoms with Crippen LogP contribution in [-0.4, -0.2) is 56.0 Å². The van der Waals surface area contributed by atoms with Crippen molar-refractivity contribution in [1.82, 2.24) is 10.2 Å². The van der Waals surface area contributed by atoms with Crippen LogP contribution >= 0.6 is 12.4 Å². The molecule has 3 rings (SSSR count). The number of rotatable bonds is 6. The highest BCUT2D eigenvalue weighted by molar-refractivity contribution is 6.01. The fraction of sp³-hybridized carbons (Fsp3) is 0.600. The largest absolute Gasteiger partial charge is 0.495 e. The number of nitrogens with one attached hydrogen (secondary N) is 1. The molecule has 1 atom stereocenters. The van der Waals surface area contributed by atoms with Gasteiger partial charge in [-0.1, -0.05) is 19.1 Å². The van der Waals surface area contributed by atoms with Crippen molar-refractivity contribution >= 4 is 29.9 Å². The van der Waals surface area contributed by atoms with Gasteiger partial charge in [-0.2, -0.15) is 0 Å². The van der Waals surface area contributed by atoms with E-state index < -0.39 is 0 Å². The first-order valence-corrected chi connectivity index (χ1v) is 9.60. The van der Waals surface area contributed by atoms with Crippen LogP contribution in [0.15, 0.2) is 24.3 Å². The third-order valence-electron chi connectivity index (χ3n) is 5.35. The summed E-state index contributed by atoms with van der Waals surface area (Å²) in [4.78, 5) is 29.5. The number of ether oxygens (including phenoxy) is 1. The van der Waals surface area contributed by atoms with E-state index in [1.54, 1.807) is 12.0 Å². The van der Waals surface area contributed by atoms with Gasteiger partial charge in [0, 0.05) is 25.6 Å². The molecule has 0 spiro atoms. The van der Waals surface area contributed by atoms with Gasteiger partial charge in [-0.05, 0) is 44.5 Å². The number of para-hydroxylation sites is 2. The maximum atomic E-state index is 13.2. The van der Waals surface area contributed by atoms with E-state index >= 15 is 0 Å². The third kappa shape index (κ3) is 4.74. The Labute approximate surface area is 167 Å². The van der Waals surface area contributed by atoms with Gasteiger partial charge >= 0.3 is 0 Å². The lowest BCUT2D eigenvalue weighted by Crippen LogP contribution is -2.48. The summed E-state index contributed by atoms with van der Waals surface area (Å²) in [6.45, 7) is 5.21. The second kappa shape index (κ2) is 9.95. The molecule has 0 aromatic heterocycles. The van der Waals surface area contributed by atoms with Gasteiger partial charge in [-0.25, -0.2) is 0 Å². The molecule has 1 aromatic carbocycles. The zero-order valence-electron chi connectivity index (χ0n) is 16.1. The topological polar surface area (TPSA) is 61.9 Å². The maximum absolute atomic E-state index is 13.2. The number of anilines is 1. The molecule has 0 radical (unpaired) electrons. The minimum Gasteiger partial charge on any atom is -0.495 e. The van der Waals surface area contributed by atoms with Crippen LogP contribution in [0.25, 0.3) is 0 Å². The molecule has 2 aliphatic heterocycles. The Morgan fingerprint density at radius 2 is 2.00 bits per heavy atom. The van der Waals surface area contributed by atoms with Crippen molar-refractivity contribution < 1.29 is 14.3 Å². The summed E-state index contributed by atoms with van der Waals surface area (Å²) in [5.74, 6) is 0.519. The lowest BCUT2D eigenvalue weighted by Gasteiger charge is -2.36. The molecule has 1 aromatic rings. The van der Waals surface area contributed by atoms with Crippen molar-refractivity contribution in [2.24, 2.45) is 5.92 Å². The summed E-state index contributed by atoms with van der Waals surface area (Å²) in [5.41, 5.74) is 0.749. The molecule has 6 nitrogen and oxygen atoms in total. The Morgan fingerprint density at radius 3 is 2.67 bits per heavy atom. The smallest absolute Gasteiger partial charge is 0.228 e. The van der Waals surface area contributed by atoms with Gasteiger partial charge in [0.2, 0.25) is 11.8 Å². The quantitative estimate of drug-likeness (QED) is 0.803. The highest BCUT2D eigenvalue weighted by atomic mass is 35.5. The zero-order valence-corrected chi connectivity index (χ0v) is 17.0. The van der Waals surface area contributed by atoms with Crippen LogP contribution in [0.1, 0.15) is 32.6 Å². The maximum Gasteiger partial charge on any atom is 0.228 e. The van der Waals surface area contributed by atoms with Crippen molar-refractivity contribution in [3.63, 3.8) is 0 Å². The van der Waals surface area contributed by atoms with Crippen LogP contribution in [0, 0.1) is 5.92 Å². The number of nitrogens with zero attached hydrogens (tertiary/aromatic N) is 2. The first-order valence-electron chi connectivity index (χ1n) is 9.60. The van der Waals surface area contributed by atoms with E-state index in [9.17, 15) is 9.59 Å². The molecule has 2 heterocycles. The standard InChI is InChI=1S/C20H29N3O3.ClH/c1-3-12-22(16-8-10-21-11-9-16)20(25)15-13-19(24)23(14-15)17-6-4-5-7-18(17)26-2;/h4-7,15-16,21H,3,8-14H2,1-2H3;1H. The van der Waals surface area contributed by atoms with E-state index in [0.717, 1.165) is 44.6 Å². The second-order valence-electron chi connectivity index (χ2n) is 7.09. The van der Waals surface area contributed by atoms with Crippen LogP contribution in [0.4, 0.5) is 5.69 Å². The Morgan fingerprint density at radius 1 is 1.30 bits per heavy atom. The number of piperidine rings is 1. The Bertz CT molecular complexity index is 649. The molecule has 7 heteroatoms. The molecule has 0 saturated carbocycles. The lowest BCUT2D eigenvalue weighted by atomic mass is 10.0. The first kappa shape index (κ1) is 21.5. The molecule has 1 unspecified atom stereocenters. The van der Waals surface area contributed by atoms with Gasteiger partial charge in [-0.3, -0.25) is 9.59 Å². The predicted molar refractivity (Wildman–Crippen MR) is 109 cm³/mol. The van der Waals surface area contributed by atoms with Crippen molar-refractivity contribution in [2.45, 2.75) is 38.6 Å². The van der Waals surface area contributed by atoms with Crippen LogP contribution in [0.5, 0.6) is 5.75 Å². The highest BCUT2D eigenvalue weighted by Gasteiger charge is 2.39. The Balaban J connectivity index is 0.00000261. The molecule has 150 valence electrons. The van der Waals surface area contributed by atoms with E-state index in [2.05, 4.69) is 12.2 Å². The number of carbonyl (C=O) groups is 2. The molecule has 2 aliphatic rings. The predicted octanol–water partition coefficient (Wildman–Crippen LogP) is 2.46. The van der Waals surface area contributed by atoms with Gasteiger partial charge in [-0.15, -0.1) is 12.4 Å². The van der Waals surface area contributed by atoms with Gasteiger partial charge in [0.15, 0.2) is 0 Å². The van der Waals surface area contributed by atoms with Crippen LogP contribution in [-0.2, 0) is 9.59 Å². The third-order valence-corrected chi connectivity index (χ3v) is 5.35. The van der Waals surface area contributed by atoms with Gasteiger partial charge in [0.1, 0.15) is 5.75 Å². The summed E-state index contributed by atoms with van der Waals surface area (Å²) in [6.07, 6.45) is 3.19. The van der Waals surface area contributed by atoms with Crippen LogP contribution in [0.2, 0.25) is 0 Å². The number of benzene rings is 1. The Hall–Kier alpha value is -1.79. The van der Waals surface area contributed by atoms with E-state index in [-0.39, 0.29) is 36.6 Å². The van der Waals surface area contributed by atoms with Crippen molar-refractivity contribution in [2.75, 3.05) is 38.2 Å². The average Bonchev–Trinajstić information content (AvgIpc) is 3.07. The van der Waals surface area contributed by atoms with E-state index in [0.29, 0.717) is 18.3 Å². The average molecular weight is 396 g/mol. The second-order valence-corrected chi connectivity index (χ2v) is 7.09. The summed E-state index contributed by atoms with van der Waals surface area (Å²) in [5, 5.41) is 3.35. The normalized spacial score (nSPS) is 20.3. The first-order chi connectivity index (χ1) is 12.7. The number of halogens is 1. The number of amides is 2. The van der Waals surface area contributed by atoms with Gasteiger partial charge < -0.3 is 19.9 Å².